The lowest BCUT2D eigenvalue weighted by Crippen LogP contribution is -2.42. The summed E-state index contributed by atoms with van der Waals surface area (Å²) >= 11 is 0. The van der Waals surface area contributed by atoms with Gasteiger partial charge in [0.15, 0.2) is 0 Å². The van der Waals surface area contributed by atoms with Gasteiger partial charge in [-0.25, -0.2) is 4.79 Å². The highest BCUT2D eigenvalue weighted by Crippen LogP contribution is 2.21. The SMILES string of the molecule is C=CON=C(C(=O)OCC)C1(C)OCCO1. The lowest BCUT2D eigenvalue weighted by Gasteiger charge is -2.21. The summed E-state index contributed by atoms with van der Waals surface area (Å²) in [4.78, 5) is 16.2. The predicted octanol–water partition coefficient (Wildman–Crippen LogP) is 0.829. The lowest BCUT2D eigenvalue weighted by molar-refractivity contribution is -0.140. The van der Waals surface area contributed by atoms with Crippen molar-refractivity contribution in [1.29, 1.82) is 0 Å². The molecular formula is C10H15NO5. The third-order valence-corrected chi connectivity index (χ3v) is 1.96. The summed E-state index contributed by atoms with van der Waals surface area (Å²) < 4.78 is 15.4. The van der Waals surface area contributed by atoms with E-state index in [0.717, 1.165) is 6.26 Å². The van der Waals surface area contributed by atoms with Crippen molar-refractivity contribution in [3.05, 3.63) is 12.8 Å². The molecule has 1 fully saturated rings. The number of esters is 1. The average molecular weight is 229 g/mol. The van der Waals surface area contributed by atoms with E-state index in [1.165, 1.54) is 0 Å². The molecular weight excluding hydrogens is 214 g/mol. The quantitative estimate of drug-likeness (QED) is 0.302. The first-order valence-corrected chi connectivity index (χ1v) is 4.94. The number of ether oxygens (including phenoxy) is 3. The Kier molecular flexibility index (Phi) is 4.45. The second-order valence-corrected chi connectivity index (χ2v) is 3.08. The van der Waals surface area contributed by atoms with Crippen LogP contribution in [0.15, 0.2) is 18.0 Å². The fourth-order valence-electron chi connectivity index (χ4n) is 1.25. The highest BCUT2D eigenvalue weighted by atomic mass is 16.7. The van der Waals surface area contributed by atoms with E-state index in [2.05, 4.69) is 16.6 Å². The molecule has 0 unspecified atom stereocenters. The van der Waals surface area contributed by atoms with Crippen LogP contribution in [0.4, 0.5) is 0 Å². The van der Waals surface area contributed by atoms with Crippen molar-refractivity contribution >= 4 is 11.7 Å². The molecule has 16 heavy (non-hydrogen) atoms. The van der Waals surface area contributed by atoms with Crippen LogP contribution in [-0.4, -0.2) is 37.3 Å². The van der Waals surface area contributed by atoms with Gasteiger partial charge in [-0.1, -0.05) is 11.7 Å². The van der Waals surface area contributed by atoms with E-state index >= 15 is 0 Å². The normalized spacial score (nSPS) is 19.2. The minimum atomic E-state index is -1.21. The van der Waals surface area contributed by atoms with Crippen molar-refractivity contribution in [2.75, 3.05) is 19.8 Å². The minimum Gasteiger partial charge on any atom is -0.461 e. The Balaban J connectivity index is 2.85. The van der Waals surface area contributed by atoms with Gasteiger partial charge < -0.3 is 19.0 Å². The zero-order valence-corrected chi connectivity index (χ0v) is 9.39. The molecule has 0 aromatic carbocycles. The van der Waals surface area contributed by atoms with Gasteiger partial charge in [0.25, 0.3) is 0 Å². The zero-order valence-electron chi connectivity index (χ0n) is 9.39. The van der Waals surface area contributed by atoms with E-state index in [1.54, 1.807) is 13.8 Å². The van der Waals surface area contributed by atoms with Gasteiger partial charge >= 0.3 is 5.97 Å². The molecule has 0 atom stereocenters. The third-order valence-electron chi connectivity index (χ3n) is 1.96. The number of oxime groups is 1. The molecule has 1 saturated heterocycles. The van der Waals surface area contributed by atoms with Crippen molar-refractivity contribution in [2.24, 2.45) is 5.16 Å². The number of rotatable bonds is 5. The van der Waals surface area contributed by atoms with E-state index in [4.69, 9.17) is 14.2 Å². The molecule has 90 valence electrons. The minimum absolute atomic E-state index is 0.0632. The highest BCUT2D eigenvalue weighted by Gasteiger charge is 2.42. The van der Waals surface area contributed by atoms with Crippen LogP contribution in [0.5, 0.6) is 0 Å². The van der Waals surface area contributed by atoms with Crippen LogP contribution in [-0.2, 0) is 23.8 Å². The van der Waals surface area contributed by atoms with E-state index in [9.17, 15) is 4.79 Å². The Hall–Kier alpha value is -1.40. The molecule has 0 bridgehead atoms. The van der Waals surface area contributed by atoms with Crippen LogP contribution in [0.1, 0.15) is 13.8 Å². The molecule has 6 heteroatoms. The fourth-order valence-corrected chi connectivity index (χ4v) is 1.25. The first-order valence-electron chi connectivity index (χ1n) is 4.94. The molecule has 0 saturated carbocycles. The fraction of sp³-hybridized carbons (Fsp3) is 0.600. The molecule has 1 heterocycles. The Labute approximate surface area is 93.8 Å². The Morgan fingerprint density at radius 1 is 1.56 bits per heavy atom. The van der Waals surface area contributed by atoms with E-state index in [0.29, 0.717) is 13.2 Å². The summed E-state index contributed by atoms with van der Waals surface area (Å²) in [6.45, 7) is 7.63. The average Bonchev–Trinajstić information content (AvgIpc) is 2.67. The van der Waals surface area contributed by atoms with Gasteiger partial charge in [-0.05, 0) is 13.8 Å². The van der Waals surface area contributed by atoms with Crippen molar-refractivity contribution < 1.29 is 23.8 Å². The summed E-state index contributed by atoms with van der Waals surface area (Å²) in [5, 5.41) is 3.59. The maximum atomic E-state index is 11.6. The van der Waals surface area contributed by atoms with Gasteiger partial charge in [0.2, 0.25) is 11.5 Å². The summed E-state index contributed by atoms with van der Waals surface area (Å²) in [5.74, 6) is -1.84. The molecule has 0 N–H and O–H groups in total. The monoisotopic (exact) mass is 229 g/mol. The van der Waals surface area contributed by atoms with E-state index in [1.807, 2.05) is 0 Å². The smallest absolute Gasteiger partial charge is 0.361 e. The van der Waals surface area contributed by atoms with Crippen LogP contribution in [0.25, 0.3) is 0 Å². The summed E-state index contributed by atoms with van der Waals surface area (Å²) in [6, 6.07) is 0. The molecule has 6 nitrogen and oxygen atoms in total. The molecule has 1 aliphatic rings. The van der Waals surface area contributed by atoms with Gasteiger partial charge in [-0.2, -0.15) is 0 Å². The maximum absolute atomic E-state index is 11.6. The van der Waals surface area contributed by atoms with Crippen molar-refractivity contribution in [2.45, 2.75) is 19.6 Å². The Bertz CT molecular complexity index is 294. The lowest BCUT2D eigenvalue weighted by atomic mass is 10.2. The Morgan fingerprint density at radius 3 is 2.69 bits per heavy atom. The molecule has 0 amide bonds. The topological polar surface area (TPSA) is 66.4 Å². The van der Waals surface area contributed by atoms with Crippen molar-refractivity contribution in [1.82, 2.24) is 0 Å². The maximum Gasteiger partial charge on any atom is 0.361 e. The summed E-state index contributed by atoms with van der Waals surface area (Å²) in [7, 11) is 0. The number of carbonyl (C=O) groups is 1. The van der Waals surface area contributed by atoms with E-state index in [-0.39, 0.29) is 12.3 Å². The molecule has 0 radical (unpaired) electrons. The second-order valence-electron chi connectivity index (χ2n) is 3.08. The van der Waals surface area contributed by atoms with Crippen LogP contribution >= 0.6 is 0 Å². The van der Waals surface area contributed by atoms with Gasteiger partial charge in [0.05, 0.1) is 19.8 Å². The molecule has 0 aliphatic carbocycles. The molecule has 1 aliphatic heterocycles. The van der Waals surface area contributed by atoms with Gasteiger partial charge in [0, 0.05) is 0 Å². The van der Waals surface area contributed by atoms with Crippen LogP contribution in [0.2, 0.25) is 0 Å². The molecule has 1 rings (SSSR count). The number of hydrogen-bond donors (Lipinski definition) is 0. The van der Waals surface area contributed by atoms with Crippen molar-refractivity contribution in [3.63, 3.8) is 0 Å². The molecule has 0 spiro atoms. The first kappa shape index (κ1) is 12.7. The predicted molar refractivity (Wildman–Crippen MR) is 55.7 cm³/mol. The number of nitrogens with zero attached hydrogens (tertiary/aromatic N) is 1. The molecule has 0 aromatic rings. The third kappa shape index (κ3) is 2.80. The first-order chi connectivity index (χ1) is 7.64. The van der Waals surface area contributed by atoms with Gasteiger partial charge in [-0.15, -0.1) is 0 Å². The second kappa shape index (κ2) is 5.62. The summed E-state index contributed by atoms with van der Waals surface area (Å²) in [6.07, 6.45) is 1.09. The van der Waals surface area contributed by atoms with Crippen LogP contribution in [0, 0.1) is 0 Å². The zero-order chi connectivity index (χ0) is 12.0. The summed E-state index contributed by atoms with van der Waals surface area (Å²) in [5.41, 5.74) is -0.0632. The highest BCUT2D eigenvalue weighted by molar-refractivity contribution is 6.39. The number of carbonyl (C=O) groups excluding carboxylic acids is 1. The van der Waals surface area contributed by atoms with Crippen LogP contribution < -0.4 is 0 Å². The van der Waals surface area contributed by atoms with E-state index < -0.39 is 11.8 Å². The van der Waals surface area contributed by atoms with Gasteiger partial charge in [-0.3, -0.25) is 0 Å². The number of hydrogen-bond acceptors (Lipinski definition) is 6. The standard InChI is InChI=1S/C10H15NO5/c1-4-13-9(12)8(11-16-5-2)10(3)14-6-7-15-10/h5H,2,4,6-7H2,1,3H3. The van der Waals surface area contributed by atoms with Gasteiger partial charge in [0.1, 0.15) is 6.26 Å². The molecule has 0 aromatic heterocycles. The van der Waals surface area contributed by atoms with Crippen LogP contribution in [0.3, 0.4) is 0 Å². The largest absolute Gasteiger partial charge is 0.461 e. The Morgan fingerprint density at radius 2 is 2.19 bits per heavy atom. The van der Waals surface area contributed by atoms with Crippen molar-refractivity contribution in [3.8, 4) is 0 Å².